The maximum Gasteiger partial charge on any atom is 0.320 e. The maximum absolute atomic E-state index is 11.9. The maximum atomic E-state index is 11.9. The van der Waals surface area contributed by atoms with E-state index in [9.17, 15) is 4.79 Å². The first-order chi connectivity index (χ1) is 14.6. The molecule has 7 nitrogen and oxygen atoms in total. The third kappa shape index (κ3) is 8.78. The minimum absolute atomic E-state index is 0.131. The van der Waals surface area contributed by atoms with E-state index in [-0.39, 0.29) is 29.3 Å². The van der Waals surface area contributed by atoms with E-state index < -0.39 is 12.1 Å². The number of ether oxygens (including phenoxy) is 3. The quantitative estimate of drug-likeness (QED) is 0.218. The van der Waals surface area contributed by atoms with Gasteiger partial charge in [0.25, 0.3) is 6.47 Å². The highest BCUT2D eigenvalue weighted by Gasteiger charge is 2.53. The number of thioether (sulfide) groups is 2. The van der Waals surface area contributed by atoms with Gasteiger partial charge in [0.2, 0.25) is 0 Å². The van der Waals surface area contributed by atoms with E-state index in [4.69, 9.17) is 29.8 Å². The van der Waals surface area contributed by atoms with Crippen molar-refractivity contribution < 1.29 is 28.9 Å². The van der Waals surface area contributed by atoms with Gasteiger partial charge in [-0.15, -0.1) is 23.5 Å². The van der Waals surface area contributed by atoms with E-state index in [1.807, 2.05) is 29.6 Å². The monoisotopic (exact) mass is 463 g/mol. The molecule has 0 aliphatic carbocycles. The molecule has 2 saturated heterocycles. The first-order valence-corrected chi connectivity index (χ1v) is 12.6. The zero-order valence-corrected chi connectivity index (χ0v) is 19.8. The summed E-state index contributed by atoms with van der Waals surface area (Å²) >= 11 is 3.73. The summed E-state index contributed by atoms with van der Waals surface area (Å²) < 4.78 is 17.5. The number of nitrogens with two attached hydrogens (primary N) is 1. The summed E-state index contributed by atoms with van der Waals surface area (Å²) in [7, 11) is 1.70. The van der Waals surface area contributed by atoms with Crippen molar-refractivity contribution >= 4 is 36.0 Å². The molecular formula is C21H37NO6S2. The molecule has 0 aromatic carbocycles. The van der Waals surface area contributed by atoms with Crippen LogP contribution in [0.3, 0.4) is 0 Å². The van der Waals surface area contributed by atoms with Gasteiger partial charge in [-0.1, -0.05) is 44.8 Å². The Morgan fingerprint density at radius 2 is 1.93 bits per heavy atom. The normalized spacial score (nSPS) is 25.5. The lowest BCUT2D eigenvalue weighted by Gasteiger charge is -2.49. The molecule has 0 radical (unpaired) electrons. The number of allylic oxidation sites excluding steroid dienone is 1. The number of methoxy groups -OCH3 is 1. The van der Waals surface area contributed by atoms with Crippen LogP contribution >= 0.6 is 23.5 Å². The topological polar surface area (TPSA) is 108 Å². The number of unbranched alkanes of at least 4 members (excludes halogenated alkanes) is 5. The smallest absolute Gasteiger partial charge is 0.320 e. The van der Waals surface area contributed by atoms with Crippen LogP contribution in [0.15, 0.2) is 12.2 Å². The molecule has 30 heavy (non-hydrogen) atoms. The first-order valence-electron chi connectivity index (χ1n) is 10.6. The van der Waals surface area contributed by atoms with Gasteiger partial charge in [0.1, 0.15) is 16.3 Å². The fourth-order valence-corrected chi connectivity index (χ4v) is 6.93. The molecule has 0 amide bonds. The predicted octanol–water partition coefficient (Wildman–Crippen LogP) is 3.45. The van der Waals surface area contributed by atoms with Crippen LogP contribution in [0.25, 0.3) is 0 Å². The number of rotatable bonds is 10. The Hall–Kier alpha value is -0.740. The van der Waals surface area contributed by atoms with Gasteiger partial charge in [-0.25, -0.2) is 0 Å². The molecule has 0 bridgehead atoms. The lowest BCUT2D eigenvalue weighted by atomic mass is 9.99. The summed E-state index contributed by atoms with van der Waals surface area (Å²) in [6.45, 7) is 2.45. The second-order valence-corrected chi connectivity index (χ2v) is 10.3. The number of carbonyl (C=O) groups excluding carboxylic acids is 1. The van der Waals surface area contributed by atoms with Crippen LogP contribution in [0, 0.1) is 0 Å². The summed E-state index contributed by atoms with van der Waals surface area (Å²) in [5.41, 5.74) is 5.49. The van der Waals surface area contributed by atoms with Crippen LogP contribution in [-0.4, -0.2) is 71.7 Å². The largest absolute Gasteiger partial charge is 0.483 e. The molecule has 2 rings (SSSR count). The predicted molar refractivity (Wildman–Crippen MR) is 123 cm³/mol. The van der Waals surface area contributed by atoms with Crippen LogP contribution in [-0.2, 0) is 23.8 Å². The Labute approximate surface area is 188 Å². The molecule has 9 heteroatoms. The number of hydrogen-bond donors (Lipinski definition) is 2. The second-order valence-electron chi connectivity index (χ2n) is 7.19. The number of carboxylic acid groups (broad SMARTS) is 1. The van der Waals surface area contributed by atoms with E-state index in [1.54, 1.807) is 7.11 Å². The molecule has 2 aliphatic heterocycles. The second kappa shape index (κ2) is 16.0. The van der Waals surface area contributed by atoms with Gasteiger partial charge in [-0.3, -0.25) is 9.59 Å². The van der Waals surface area contributed by atoms with E-state index in [0.29, 0.717) is 6.61 Å². The van der Waals surface area contributed by atoms with Gasteiger partial charge in [0.05, 0.1) is 13.2 Å². The molecule has 0 aromatic rings. The van der Waals surface area contributed by atoms with E-state index >= 15 is 0 Å². The lowest BCUT2D eigenvalue weighted by Crippen LogP contribution is -2.60. The van der Waals surface area contributed by atoms with Crippen molar-refractivity contribution in [2.45, 2.75) is 74.3 Å². The van der Waals surface area contributed by atoms with Crippen LogP contribution in [0.1, 0.15) is 51.9 Å². The van der Waals surface area contributed by atoms with Gasteiger partial charge >= 0.3 is 5.97 Å². The SMILES string of the molecule is CCCCCCCC=C[C@@H]1OCC2(SCCCS2)[C@H](OC)[C@@H]1OC(=O)CN.O=CO. The summed E-state index contributed by atoms with van der Waals surface area (Å²) in [6.07, 6.45) is 11.7. The summed E-state index contributed by atoms with van der Waals surface area (Å²) in [5.74, 6) is 1.74. The standard InChI is InChI=1S/C20H35NO4S2.CH2O2/c1-3-4-5-6-7-8-9-11-16-18(25-17(22)14-21)19(23-2)20(15-24-16)26-12-10-13-27-20;2-1-3/h9,11,16,18-19H,3-8,10,12-15,21H2,1-2H3;1H,(H,2,3)/t16-,18+,19+;/m0./s1. The number of carbonyl (C=O) groups is 2. The van der Waals surface area contributed by atoms with E-state index in [2.05, 4.69) is 13.0 Å². The first kappa shape index (κ1) is 27.3. The Bertz CT molecular complexity index is 514. The summed E-state index contributed by atoms with van der Waals surface area (Å²) in [6, 6.07) is 0. The molecule has 1 spiro atoms. The molecule has 2 aliphatic rings. The fraction of sp³-hybridized carbons (Fsp3) is 0.810. The van der Waals surface area contributed by atoms with Gasteiger partial charge < -0.3 is 25.1 Å². The number of esters is 1. The minimum atomic E-state index is -0.464. The average molecular weight is 464 g/mol. The van der Waals surface area contributed by atoms with Crippen LogP contribution in [0.5, 0.6) is 0 Å². The average Bonchev–Trinajstić information content (AvgIpc) is 2.76. The van der Waals surface area contributed by atoms with Crippen molar-refractivity contribution in [3.05, 3.63) is 12.2 Å². The van der Waals surface area contributed by atoms with Crippen molar-refractivity contribution in [2.24, 2.45) is 5.73 Å². The van der Waals surface area contributed by atoms with Gasteiger partial charge in [0.15, 0.2) is 6.10 Å². The van der Waals surface area contributed by atoms with Crippen LogP contribution in [0.2, 0.25) is 0 Å². The van der Waals surface area contributed by atoms with Gasteiger partial charge in [-0.2, -0.15) is 0 Å². The zero-order chi connectivity index (χ0) is 22.2. The molecule has 174 valence electrons. The molecule has 0 unspecified atom stereocenters. The Balaban J connectivity index is 0.00000141. The van der Waals surface area contributed by atoms with Crippen molar-refractivity contribution in [3.8, 4) is 0 Å². The molecular weight excluding hydrogens is 426 g/mol. The molecule has 3 atom stereocenters. The highest BCUT2D eigenvalue weighted by Crippen LogP contribution is 2.50. The fourth-order valence-electron chi connectivity index (χ4n) is 3.55. The summed E-state index contributed by atoms with van der Waals surface area (Å²) in [5, 5.41) is 6.89. The third-order valence-electron chi connectivity index (χ3n) is 5.00. The van der Waals surface area contributed by atoms with E-state index in [0.717, 1.165) is 17.9 Å². The highest BCUT2D eigenvalue weighted by molar-refractivity contribution is 8.18. The number of hydrogen-bond acceptors (Lipinski definition) is 8. The van der Waals surface area contributed by atoms with Crippen molar-refractivity contribution in [3.63, 3.8) is 0 Å². The van der Waals surface area contributed by atoms with E-state index in [1.165, 1.54) is 38.5 Å². The lowest BCUT2D eigenvalue weighted by molar-refractivity contribution is -0.178. The highest BCUT2D eigenvalue weighted by atomic mass is 32.2. The Morgan fingerprint density at radius 1 is 1.27 bits per heavy atom. The molecule has 0 saturated carbocycles. The van der Waals surface area contributed by atoms with Crippen LogP contribution in [0.4, 0.5) is 0 Å². The molecule has 0 aromatic heterocycles. The Morgan fingerprint density at radius 3 is 2.53 bits per heavy atom. The van der Waals surface area contributed by atoms with Crippen LogP contribution < -0.4 is 5.73 Å². The molecule has 2 fully saturated rings. The summed E-state index contributed by atoms with van der Waals surface area (Å²) in [4.78, 5) is 20.3. The van der Waals surface area contributed by atoms with Crippen molar-refractivity contribution in [1.82, 2.24) is 0 Å². The van der Waals surface area contributed by atoms with Crippen molar-refractivity contribution in [2.75, 3.05) is 31.8 Å². The molecule has 3 N–H and O–H groups in total. The van der Waals surface area contributed by atoms with Crippen molar-refractivity contribution in [1.29, 1.82) is 0 Å². The Kier molecular flexibility index (Phi) is 14.5. The zero-order valence-electron chi connectivity index (χ0n) is 18.1. The minimum Gasteiger partial charge on any atom is -0.483 e. The third-order valence-corrected chi connectivity index (χ3v) is 8.37. The van der Waals surface area contributed by atoms with Gasteiger partial charge in [0, 0.05) is 7.11 Å². The van der Waals surface area contributed by atoms with Gasteiger partial charge in [-0.05, 0) is 30.8 Å². The molecule has 2 heterocycles.